The van der Waals surface area contributed by atoms with Crippen molar-refractivity contribution < 1.29 is 13.6 Å². The molecule has 1 saturated carbocycles. The number of tetrazole rings is 1. The molecule has 1 aromatic carbocycles. The first-order valence-electron chi connectivity index (χ1n) is 13.5. The smallest absolute Gasteiger partial charge is 0.205 e. The lowest BCUT2D eigenvalue weighted by Gasteiger charge is -2.57. The Morgan fingerprint density at radius 3 is 2.74 bits per heavy atom. The lowest BCUT2D eigenvalue weighted by Crippen LogP contribution is -2.73. The lowest BCUT2D eigenvalue weighted by atomic mass is 9.68. The summed E-state index contributed by atoms with van der Waals surface area (Å²) in [5, 5.41) is 34.1. The first-order valence-corrected chi connectivity index (χ1v) is 12.0. The zero-order chi connectivity index (χ0) is 26.9. The van der Waals surface area contributed by atoms with Crippen LogP contribution in [0.2, 0.25) is 0 Å². The highest BCUT2D eigenvalue weighted by molar-refractivity contribution is 5.70. The molecule has 2 saturated heterocycles. The maximum atomic E-state index is 16.0. The van der Waals surface area contributed by atoms with Crippen molar-refractivity contribution in [3.8, 4) is 28.5 Å². The van der Waals surface area contributed by atoms with Crippen LogP contribution in [0.15, 0.2) is 24.4 Å². The summed E-state index contributed by atoms with van der Waals surface area (Å²) in [4.78, 5) is 7.10. The number of phenolic OH excluding ortho intramolecular Hbond substituents is 1. The number of rotatable bonds is 5. The van der Waals surface area contributed by atoms with Gasteiger partial charge in [0.1, 0.15) is 11.9 Å². The lowest BCUT2D eigenvalue weighted by molar-refractivity contribution is 0.000258. The van der Waals surface area contributed by atoms with Crippen LogP contribution in [-0.2, 0) is 6.98 Å². The van der Waals surface area contributed by atoms with Crippen LogP contribution < -0.4 is 10.2 Å². The summed E-state index contributed by atoms with van der Waals surface area (Å²) in [5.74, 6) is 0.674. The average molecular weight is 483 g/mol. The van der Waals surface area contributed by atoms with Crippen LogP contribution in [0.25, 0.3) is 22.8 Å². The van der Waals surface area contributed by atoms with Gasteiger partial charge in [-0.2, -0.15) is 4.80 Å². The molecule has 35 heavy (non-hydrogen) atoms. The fourth-order valence-corrected chi connectivity index (χ4v) is 5.93. The molecule has 184 valence electrons. The van der Waals surface area contributed by atoms with Crippen LogP contribution >= 0.6 is 0 Å². The van der Waals surface area contributed by atoms with Gasteiger partial charge in [-0.15, -0.1) is 20.4 Å². The summed E-state index contributed by atoms with van der Waals surface area (Å²) in [6, 6.07) is 4.50. The average Bonchev–Trinajstić information content (AvgIpc) is 3.55. The van der Waals surface area contributed by atoms with E-state index >= 15 is 4.39 Å². The van der Waals surface area contributed by atoms with Gasteiger partial charge in [0, 0.05) is 26.8 Å². The van der Waals surface area contributed by atoms with Gasteiger partial charge in [0.2, 0.25) is 5.82 Å². The summed E-state index contributed by atoms with van der Waals surface area (Å²) >= 11 is 0. The molecule has 0 spiro atoms. The van der Waals surface area contributed by atoms with Crippen molar-refractivity contribution in [2.24, 2.45) is 6.98 Å². The molecule has 3 fully saturated rings. The first-order chi connectivity index (χ1) is 18.0. The molecule has 6 rings (SSSR count). The van der Waals surface area contributed by atoms with Crippen LogP contribution in [0, 0.1) is 0 Å². The third kappa shape index (κ3) is 3.91. The van der Waals surface area contributed by atoms with E-state index in [0.29, 0.717) is 28.2 Å². The SMILES string of the molecule is [2H]C([2H])([2H])n1nnc(-c2ccc(-c3ncc(N(C4CC4)[C@@H]4C[C@@]5(C)CCC[C@](C)(N5)[C@@H]4F)nn3)c(O)c2)n1. The summed E-state index contributed by atoms with van der Waals surface area (Å²) in [7, 11) is 0. The standard InChI is InChI=1S/C24H30FN9O/c1-23-9-4-10-24(2,31-23)20(25)17(12-23)34(15-6-7-15)19-13-26-22(28-27-19)16-8-5-14(11-18(16)35)21-29-32-33(3)30-21/h5,8,11,13,15,17,20,31,35H,4,6-7,9-10,12H2,1-3H3/t17-,20-,23-,24+/m1/s1/i3D3. The fourth-order valence-electron chi connectivity index (χ4n) is 5.93. The molecule has 2 N–H and O–H groups in total. The Hall–Kier alpha value is -3.21. The molecule has 2 aromatic heterocycles. The quantitative estimate of drug-likeness (QED) is 0.566. The number of aromatic nitrogens is 7. The van der Waals surface area contributed by atoms with Crippen LogP contribution in [-0.4, -0.2) is 69.8 Å². The van der Waals surface area contributed by atoms with E-state index in [1.807, 2.05) is 6.92 Å². The van der Waals surface area contributed by atoms with Gasteiger partial charge in [0.15, 0.2) is 11.6 Å². The number of phenols is 1. The van der Waals surface area contributed by atoms with Crippen molar-refractivity contribution in [1.82, 2.24) is 40.7 Å². The number of anilines is 1. The van der Waals surface area contributed by atoms with Crippen LogP contribution in [0.5, 0.6) is 5.75 Å². The van der Waals surface area contributed by atoms with Gasteiger partial charge in [-0.1, -0.05) is 6.07 Å². The zero-order valence-corrected chi connectivity index (χ0v) is 19.7. The van der Waals surface area contributed by atoms with E-state index in [1.165, 1.54) is 6.07 Å². The minimum atomic E-state index is -2.55. The fraction of sp³-hybridized carbons (Fsp3) is 0.583. The molecule has 1 aliphatic carbocycles. The van der Waals surface area contributed by atoms with Crippen molar-refractivity contribution in [3.05, 3.63) is 24.4 Å². The molecule has 3 aromatic rings. The second-order valence-electron chi connectivity index (χ2n) is 10.5. The maximum absolute atomic E-state index is 16.0. The molecule has 4 atom stereocenters. The van der Waals surface area contributed by atoms with E-state index in [9.17, 15) is 5.11 Å². The number of halogens is 1. The minimum absolute atomic E-state index is 0.0624. The molecule has 0 radical (unpaired) electrons. The normalized spacial score (nSPS) is 31.9. The van der Waals surface area contributed by atoms with Gasteiger partial charge in [0.05, 0.1) is 24.8 Å². The van der Waals surface area contributed by atoms with Crippen LogP contribution in [0.3, 0.4) is 0 Å². The van der Waals surface area contributed by atoms with Crippen molar-refractivity contribution in [1.29, 1.82) is 0 Å². The second-order valence-corrected chi connectivity index (χ2v) is 10.5. The number of fused-ring (bicyclic) bond motifs is 2. The molecule has 3 aliphatic rings. The Labute approximate surface area is 207 Å². The van der Waals surface area contributed by atoms with E-state index in [1.54, 1.807) is 18.3 Å². The van der Waals surface area contributed by atoms with E-state index < -0.39 is 18.7 Å². The monoisotopic (exact) mass is 482 g/mol. The van der Waals surface area contributed by atoms with Crippen molar-refractivity contribution in [2.75, 3.05) is 4.90 Å². The number of aryl methyl sites for hydroxylation is 1. The Balaban J connectivity index is 1.26. The van der Waals surface area contributed by atoms with Crippen molar-refractivity contribution in [2.45, 2.75) is 81.7 Å². The number of hydrogen-bond acceptors (Lipinski definition) is 9. The highest BCUT2D eigenvalue weighted by Gasteiger charge is 2.55. The number of piperidine rings is 2. The molecule has 2 aliphatic heterocycles. The molecular weight excluding hydrogens is 449 g/mol. The van der Waals surface area contributed by atoms with Gasteiger partial charge in [-0.25, -0.2) is 9.37 Å². The van der Waals surface area contributed by atoms with Crippen LogP contribution in [0.1, 0.15) is 56.5 Å². The minimum Gasteiger partial charge on any atom is -0.507 e. The highest BCUT2D eigenvalue weighted by atomic mass is 19.1. The van der Waals surface area contributed by atoms with Crippen molar-refractivity contribution >= 4 is 5.82 Å². The predicted octanol–water partition coefficient (Wildman–Crippen LogP) is 2.80. The number of nitrogens with zero attached hydrogens (tertiary/aromatic N) is 8. The van der Waals surface area contributed by atoms with Gasteiger partial charge >= 0.3 is 0 Å². The Bertz CT molecular complexity index is 1350. The van der Waals surface area contributed by atoms with Gasteiger partial charge in [-0.05, 0) is 69.7 Å². The molecule has 11 heteroatoms. The summed E-state index contributed by atoms with van der Waals surface area (Å²) in [6.07, 6.45) is 6.05. The topological polar surface area (TPSA) is 118 Å². The third-order valence-corrected chi connectivity index (χ3v) is 7.64. The number of aromatic hydroxyl groups is 1. The van der Waals surface area contributed by atoms with Gasteiger partial charge in [0.25, 0.3) is 0 Å². The molecular formula is C24H30FN9O. The van der Waals surface area contributed by atoms with E-state index in [4.69, 9.17) is 4.11 Å². The largest absolute Gasteiger partial charge is 0.507 e. The van der Waals surface area contributed by atoms with Crippen LogP contribution in [0.4, 0.5) is 10.2 Å². The van der Waals surface area contributed by atoms with E-state index in [0.717, 1.165) is 32.1 Å². The summed E-state index contributed by atoms with van der Waals surface area (Å²) < 4.78 is 38.1. The zero-order valence-electron chi connectivity index (χ0n) is 22.7. The van der Waals surface area contributed by atoms with E-state index in [2.05, 4.69) is 47.7 Å². The Morgan fingerprint density at radius 2 is 2.06 bits per heavy atom. The number of benzene rings is 1. The predicted molar refractivity (Wildman–Crippen MR) is 127 cm³/mol. The molecule has 2 bridgehead atoms. The molecule has 0 amide bonds. The Kier molecular flexibility index (Phi) is 4.30. The Morgan fingerprint density at radius 1 is 1.20 bits per heavy atom. The number of nitrogens with one attached hydrogen (secondary N) is 1. The van der Waals surface area contributed by atoms with Gasteiger partial charge in [-0.3, -0.25) is 0 Å². The summed E-state index contributed by atoms with van der Waals surface area (Å²) in [6.45, 7) is 1.63. The first kappa shape index (κ1) is 19.0. The summed E-state index contributed by atoms with van der Waals surface area (Å²) in [5.41, 5.74) is 0.0411. The molecule has 10 nitrogen and oxygen atoms in total. The highest BCUT2D eigenvalue weighted by Crippen LogP contribution is 2.46. The molecule has 4 heterocycles. The number of alkyl halides is 1. The maximum Gasteiger partial charge on any atom is 0.205 e. The third-order valence-electron chi connectivity index (χ3n) is 7.64. The number of hydrogen-bond donors (Lipinski definition) is 2. The second kappa shape index (κ2) is 7.91. The molecule has 0 unspecified atom stereocenters. The van der Waals surface area contributed by atoms with Crippen molar-refractivity contribution in [3.63, 3.8) is 0 Å². The van der Waals surface area contributed by atoms with Gasteiger partial charge < -0.3 is 15.3 Å². The van der Waals surface area contributed by atoms with E-state index in [-0.39, 0.29) is 35.0 Å².